The number of carbonyl (C=O) groups is 1. The van der Waals surface area contributed by atoms with Gasteiger partial charge in [0.15, 0.2) is 0 Å². The summed E-state index contributed by atoms with van der Waals surface area (Å²) < 4.78 is 26.3. The minimum Gasteiger partial charge on any atom is -0.459 e. The predicted octanol–water partition coefficient (Wildman–Crippen LogP) is 5.83. The number of unbranched alkanes of at least 4 members (excludes halogenated alkanes) is 11. The number of allylic oxidation sites excluding steroid dienone is 2. The van der Waals surface area contributed by atoms with Crippen molar-refractivity contribution in [2.24, 2.45) is 0 Å². The van der Waals surface area contributed by atoms with E-state index in [2.05, 4.69) is 23.6 Å². The fourth-order valence-electron chi connectivity index (χ4n) is 3.67. The van der Waals surface area contributed by atoms with Crippen LogP contribution in [-0.4, -0.2) is 41.2 Å². The zero-order valence-electron chi connectivity index (χ0n) is 19.2. The predicted molar refractivity (Wildman–Crippen MR) is 122 cm³/mol. The molecule has 0 aromatic rings. The molecule has 1 saturated heterocycles. The first-order valence-electron chi connectivity index (χ1n) is 12.1. The first kappa shape index (κ1) is 28.3. The SMILES string of the molecule is CCCCCCCC/C=C/CCCCCCCC(=O)O[C@@H]1CCOC[C@H]1OP(=O)(O)O. The molecule has 1 rings (SSSR count). The summed E-state index contributed by atoms with van der Waals surface area (Å²) in [6.07, 6.45) is 19.3. The van der Waals surface area contributed by atoms with Gasteiger partial charge in [-0.15, -0.1) is 0 Å². The Morgan fingerprint density at radius 2 is 1.52 bits per heavy atom. The zero-order chi connectivity index (χ0) is 22.8. The van der Waals surface area contributed by atoms with Crippen LogP contribution in [0.3, 0.4) is 0 Å². The molecule has 0 aliphatic carbocycles. The van der Waals surface area contributed by atoms with E-state index in [1.54, 1.807) is 0 Å². The number of phosphoric ester groups is 1. The van der Waals surface area contributed by atoms with Gasteiger partial charge in [0.05, 0.1) is 13.2 Å². The Kier molecular flexibility index (Phi) is 16.2. The fraction of sp³-hybridized carbons (Fsp3) is 0.870. The second kappa shape index (κ2) is 17.8. The maximum absolute atomic E-state index is 12.0. The lowest BCUT2D eigenvalue weighted by Gasteiger charge is -2.30. The topological polar surface area (TPSA) is 102 Å². The molecule has 0 bridgehead atoms. The van der Waals surface area contributed by atoms with Crippen LogP contribution < -0.4 is 0 Å². The molecule has 0 amide bonds. The third-order valence-electron chi connectivity index (χ3n) is 5.44. The third-order valence-corrected chi connectivity index (χ3v) is 5.99. The second-order valence-electron chi connectivity index (χ2n) is 8.36. The van der Waals surface area contributed by atoms with Gasteiger partial charge in [0.25, 0.3) is 0 Å². The standard InChI is InChI=1S/C23H43O7P/c1-2-3-4-5-6-7-8-9-10-11-12-13-14-15-16-17-23(24)29-21-18-19-28-20-22(21)30-31(25,26)27/h9-10,21-22H,2-8,11-20H2,1H3,(H2,25,26,27)/b10-9+/t21-,22-/m1/s1. The van der Waals surface area contributed by atoms with Crippen LogP contribution in [-0.2, 0) is 23.4 Å². The molecule has 31 heavy (non-hydrogen) atoms. The van der Waals surface area contributed by atoms with Gasteiger partial charge in [0.2, 0.25) is 0 Å². The highest BCUT2D eigenvalue weighted by Crippen LogP contribution is 2.39. The van der Waals surface area contributed by atoms with Gasteiger partial charge < -0.3 is 19.3 Å². The Balaban J connectivity index is 1.98. The molecule has 2 N–H and O–H groups in total. The molecule has 0 unspecified atom stereocenters. The summed E-state index contributed by atoms with van der Waals surface area (Å²) in [5, 5.41) is 0. The van der Waals surface area contributed by atoms with Crippen molar-refractivity contribution >= 4 is 13.8 Å². The summed E-state index contributed by atoms with van der Waals surface area (Å²) in [5.41, 5.74) is 0. The smallest absolute Gasteiger partial charge is 0.459 e. The molecule has 182 valence electrons. The average Bonchev–Trinajstić information content (AvgIpc) is 2.71. The highest BCUT2D eigenvalue weighted by molar-refractivity contribution is 7.46. The lowest BCUT2D eigenvalue weighted by molar-refractivity contribution is -0.164. The molecule has 0 spiro atoms. The van der Waals surface area contributed by atoms with Crippen LogP contribution in [0, 0.1) is 0 Å². The monoisotopic (exact) mass is 462 g/mol. The first-order valence-corrected chi connectivity index (χ1v) is 13.6. The van der Waals surface area contributed by atoms with Gasteiger partial charge in [0, 0.05) is 12.8 Å². The van der Waals surface area contributed by atoms with E-state index in [1.165, 1.54) is 51.4 Å². The maximum atomic E-state index is 12.0. The Bertz CT molecular complexity index is 532. The van der Waals surface area contributed by atoms with Gasteiger partial charge in [-0.05, 0) is 32.1 Å². The molecule has 1 heterocycles. The minimum atomic E-state index is -4.64. The zero-order valence-corrected chi connectivity index (χ0v) is 20.1. The van der Waals surface area contributed by atoms with Crippen molar-refractivity contribution in [2.45, 2.75) is 115 Å². The van der Waals surface area contributed by atoms with E-state index in [-0.39, 0.29) is 12.6 Å². The molecule has 0 saturated carbocycles. The highest BCUT2D eigenvalue weighted by atomic mass is 31.2. The summed E-state index contributed by atoms with van der Waals surface area (Å²) in [6, 6.07) is 0. The molecule has 1 aliphatic heterocycles. The lowest BCUT2D eigenvalue weighted by atomic mass is 10.1. The highest BCUT2D eigenvalue weighted by Gasteiger charge is 2.34. The van der Waals surface area contributed by atoms with Crippen LogP contribution in [0.1, 0.15) is 103 Å². The Hall–Kier alpha value is -0.720. The van der Waals surface area contributed by atoms with Crippen molar-refractivity contribution in [3.05, 3.63) is 12.2 Å². The van der Waals surface area contributed by atoms with Crippen molar-refractivity contribution in [2.75, 3.05) is 13.2 Å². The number of hydrogen-bond donors (Lipinski definition) is 2. The van der Waals surface area contributed by atoms with Crippen molar-refractivity contribution in [1.82, 2.24) is 0 Å². The van der Waals surface area contributed by atoms with Crippen LogP contribution in [0.4, 0.5) is 0 Å². The van der Waals surface area contributed by atoms with Crippen LogP contribution in [0.25, 0.3) is 0 Å². The normalized spacial score (nSPS) is 19.7. The molecular formula is C23H43O7P. The molecule has 0 radical (unpaired) electrons. The largest absolute Gasteiger partial charge is 0.470 e. The number of rotatable bonds is 18. The van der Waals surface area contributed by atoms with E-state index >= 15 is 0 Å². The summed E-state index contributed by atoms with van der Waals surface area (Å²) in [5.74, 6) is -0.344. The summed E-state index contributed by atoms with van der Waals surface area (Å²) in [6.45, 7) is 2.64. The van der Waals surface area contributed by atoms with Crippen molar-refractivity contribution in [3.63, 3.8) is 0 Å². The van der Waals surface area contributed by atoms with E-state index in [1.807, 2.05) is 0 Å². The van der Waals surface area contributed by atoms with Gasteiger partial charge in [-0.25, -0.2) is 4.57 Å². The van der Waals surface area contributed by atoms with E-state index < -0.39 is 20.0 Å². The van der Waals surface area contributed by atoms with Gasteiger partial charge >= 0.3 is 13.8 Å². The van der Waals surface area contributed by atoms with Gasteiger partial charge in [0.1, 0.15) is 12.2 Å². The second-order valence-corrected chi connectivity index (χ2v) is 9.55. The van der Waals surface area contributed by atoms with E-state index in [4.69, 9.17) is 19.3 Å². The van der Waals surface area contributed by atoms with Gasteiger partial charge in [-0.3, -0.25) is 9.32 Å². The quantitative estimate of drug-likeness (QED) is 0.114. The van der Waals surface area contributed by atoms with Gasteiger partial charge in [-0.2, -0.15) is 0 Å². The Morgan fingerprint density at radius 1 is 0.935 bits per heavy atom. The molecule has 1 fully saturated rings. The number of carbonyl (C=O) groups excluding carboxylic acids is 1. The van der Waals surface area contributed by atoms with Crippen molar-refractivity contribution < 1.29 is 33.1 Å². The molecule has 8 heteroatoms. The summed E-state index contributed by atoms with van der Waals surface area (Å²) in [4.78, 5) is 30.0. The Morgan fingerprint density at radius 3 is 2.13 bits per heavy atom. The lowest BCUT2D eigenvalue weighted by Crippen LogP contribution is -2.41. The molecular weight excluding hydrogens is 419 g/mol. The van der Waals surface area contributed by atoms with Crippen LogP contribution in [0.5, 0.6) is 0 Å². The Labute approximate surface area is 188 Å². The summed E-state index contributed by atoms with van der Waals surface area (Å²) >= 11 is 0. The third kappa shape index (κ3) is 16.6. The van der Waals surface area contributed by atoms with Gasteiger partial charge in [-0.1, -0.05) is 70.4 Å². The first-order chi connectivity index (χ1) is 14.9. The molecule has 1 aliphatic rings. The van der Waals surface area contributed by atoms with E-state index in [0.29, 0.717) is 19.4 Å². The molecule has 0 aromatic heterocycles. The molecule has 0 aromatic carbocycles. The minimum absolute atomic E-state index is 0.0104. The van der Waals surface area contributed by atoms with Crippen molar-refractivity contribution in [1.29, 1.82) is 0 Å². The number of hydrogen-bond acceptors (Lipinski definition) is 5. The molecule has 2 atom stereocenters. The van der Waals surface area contributed by atoms with E-state index in [9.17, 15) is 9.36 Å². The maximum Gasteiger partial charge on any atom is 0.470 e. The average molecular weight is 463 g/mol. The fourth-order valence-corrected chi connectivity index (χ4v) is 4.22. The van der Waals surface area contributed by atoms with Crippen LogP contribution in [0.15, 0.2) is 12.2 Å². The number of ether oxygens (including phenoxy) is 2. The van der Waals surface area contributed by atoms with E-state index in [0.717, 1.165) is 32.1 Å². The van der Waals surface area contributed by atoms with Crippen molar-refractivity contribution in [3.8, 4) is 0 Å². The van der Waals surface area contributed by atoms with Crippen LogP contribution in [0.2, 0.25) is 0 Å². The summed E-state index contributed by atoms with van der Waals surface area (Å²) in [7, 11) is -4.64. The number of phosphoric acid groups is 1. The van der Waals surface area contributed by atoms with Crippen LogP contribution >= 0.6 is 7.82 Å². The number of esters is 1. The molecule has 7 nitrogen and oxygen atoms in total.